The Kier molecular flexibility index (Phi) is 10.6. The van der Waals surface area contributed by atoms with E-state index < -0.39 is 0 Å². The summed E-state index contributed by atoms with van der Waals surface area (Å²) in [5.41, 5.74) is 2.51. The highest BCUT2D eigenvalue weighted by Gasteiger charge is 2.25. The molecule has 0 aliphatic rings. The van der Waals surface area contributed by atoms with Crippen LogP contribution in [-0.4, -0.2) is 32.3 Å². The van der Waals surface area contributed by atoms with Crippen molar-refractivity contribution in [3.05, 3.63) is 95.3 Å². The number of rotatable bonds is 12. The lowest BCUT2D eigenvalue weighted by atomic mass is 10.0. The molecule has 3 aromatic carbocycles. The smallest absolute Gasteiger partial charge is 0.253 e. The number of azo groups is 1. The van der Waals surface area contributed by atoms with Crippen LogP contribution in [-0.2, 0) is 11.3 Å². The molecular weight excluding hydrogens is 558 g/mol. The quantitative estimate of drug-likeness (QED) is 0.130. The van der Waals surface area contributed by atoms with Crippen LogP contribution in [0.25, 0.3) is 0 Å². The highest BCUT2D eigenvalue weighted by Crippen LogP contribution is 2.26. The molecule has 2 amide bonds. The molecule has 212 valence electrons. The fourth-order valence-corrected chi connectivity index (χ4v) is 5.12. The summed E-state index contributed by atoms with van der Waals surface area (Å²) < 4.78 is 1.93. The third-order valence-corrected chi connectivity index (χ3v) is 7.32. The van der Waals surface area contributed by atoms with Gasteiger partial charge in [0.2, 0.25) is 5.91 Å². The first kappa shape index (κ1) is 30.0. The molecule has 11 heteroatoms. The Morgan fingerprint density at radius 2 is 1.59 bits per heavy atom. The lowest BCUT2D eigenvalue weighted by molar-refractivity contribution is -0.113. The highest BCUT2D eigenvalue weighted by molar-refractivity contribution is 7.99. The minimum Gasteiger partial charge on any atom is -0.342 e. The maximum Gasteiger partial charge on any atom is 0.253 e. The normalized spacial score (nSPS) is 12.0. The van der Waals surface area contributed by atoms with Crippen molar-refractivity contribution < 1.29 is 9.59 Å². The van der Waals surface area contributed by atoms with Crippen LogP contribution < -0.4 is 10.6 Å². The first-order valence-electron chi connectivity index (χ1n) is 13.3. The fraction of sp³-hybridized carbons (Fsp3) is 0.267. The van der Waals surface area contributed by atoms with Crippen molar-refractivity contribution in [3.63, 3.8) is 0 Å². The predicted octanol–water partition coefficient (Wildman–Crippen LogP) is 7.61. The lowest BCUT2D eigenvalue weighted by Crippen LogP contribution is -2.31. The molecule has 41 heavy (non-hydrogen) atoms. The fourth-order valence-electron chi connectivity index (χ4n) is 4.09. The molecule has 0 aliphatic heterocycles. The Labute approximate surface area is 248 Å². The zero-order chi connectivity index (χ0) is 29.2. The van der Waals surface area contributed by atoms with Gasteiger partial charge >= 0.3 is 0 Å². The monoisotopic (exact) mass is 589 g/mol. The number of aromatic nitrogens is 3. The molecule has 1 aromatic heterocycles. The van der Waals surface area contributed by atoms with E-state index in [1.807, 2.05) is 41.8 Å². The number of anilines is 1. The molecule has 0 radical (unpaired) electrons. The van der Waals surface area contributed by atoms with Gasteiger partial charge in [-0.15, -0.1) is 10.2 Å². The number of amides is 2. The number of hydrogen-bond acceptors (Lipinski definition) is 7. The second-order valence-electron chi connectivity index (χ2n) is 9.64. The molecule has 4 aromatic rings. The molecule has 2 N–H and O–H groups in total. The number of carbonyl (C=O) groups excluding carboxylic acids is 2. The van der Waals surface area contributed by atoms with Crippen LogP contribution in [0.5, 0.6) is 0 Å². The van der Waals surface area contributed by atoms with Crippen molar-refractivity contribution >= 4 is 52.2 Å². The van der Waals surface area contributed by atoms with E-state index in [9.17, 15) is 9.59 Å². The van der Waals surface area contributed by atoms with Gasteiger partial charge in [-0.05, 0) is 67.8 Å². The molecule has 4 rings (SSSR count). The topological polar surface area (TPSA) is 114 Å². The van der Waals surface area contributed by atoms with Crippen molar-refractivity contribution in [1.29, 1.82) is 0 Å². The Morgan fingerprint density at radius 3 is 2.24 bits per heavy atom. The van der Waals surface area contributed by atoms with Crippen LogP contribution in [0.1, 0.15) is 49.4 Å². The van der Waals surface area contributed by atoms with Crippen molar-refractivity contribution in [2.45, 2.75) is 44.9 Å². The molecule has 0 unspecified atom stereocenters. The first-order valence-corrected chi connectivity index (χ1v) is 14.7. The highest BCUT2D eigenvalue weighted by atomic mass is 35.5. The predicted molar refractivity (Wildman–Crippen MR) is 163 cm³/mol. The zero-order valence-corrected chi connectivity index (χ0v) is 24.7. The van der Waals surface area contributed by atoms with Gasteiger partial charge in [0.05, 0.1) is 33.8 Å². The van der Waals surface area contributed by atoms with Gasteiger partial charge in [-0.1, -0.05) is 67.5 Å². The molecule has 0 saturated heterocycles. The summed E-state index contributed by atoms with van der Waals surface area (Å²) in [4.78, 5) is 25.7. The standard InChI is InChI=1S/C30H32ClN7O2S/c1-4-38-28(26(18-20(2)3)33-29(40)24-12-8-9-13-25(24)31)36-37-30(38)41-19-27(39)32-21-14-16-23(17-15-21)35-34-22-10-6-5-7-11-22/h5-17,20,26H,4,18-19H2,1-3H3,(H,32,39)(H,33,40)/t26-/m0/s1. The number of carbonyl (C=O) groups is 2. The molecule has 9 nitrogen and oxygen atoms in total. The Bertz CT molecular complexity index is 1490. The number of hydrogen-bond donors (Lipinski definition) is 2. The first-order chi connectivity index (χ1) is 19.8. The van der Waals surface area contributed by atoms with E-state index in [0.717, 1.165) is 5.69 Å². The van der Waals surface area contributed by atoms with Gasteiger partial charge in [-0.2, -0.15) is 10.2 Å². The molecule has 0 spiro atoms. The van der Waals surface area contributed by atoms with E-state index >= 15 is 0 Å². The summed E-state index contributed by atoms with van der Waals surface area (Å²) >= 11 is 7.54. The summed E-state index contributed by atoms with van der Waals surface area (Å²) in [7, 11) is 0. The van der Waals surface area contributed by atoms with Gasteiger partial charge in [0.25, 0.3) is 5.91 Å². The van der Waals surface area contributed by atoms with Crippen molar-refractivity contribution in [3.8, 4) is 0 Å². The molecule has 1 atom stereocenters. The average molecular weight is 590 g/mol. The van der Waals surface area contributed by atoms with Crippen LogP contribution in [0.15, 0.2) is 94.2 Å². The van der Waals surface area contributed by atoms with E-state index in [-0.39, 0.29) is 23.6 Å². The summed E-state index contributed by atoms with van der Waals surface area (Å²) in [6, 6.07) is 23.2. The van der Waals surface area contributed by atoms with E-state index in [1.165, 1.54) is 11.8 Å². The number of nitrogens with one attached hydrogen (secondary N) is 2. The zero-order valence-electron chi connectivity index (χ0n) is 23.1. The number of benzene rings is 3. The lowest BCUT2D eigenvalue weighted by Gasteiger charge is -2.21. The molecular formula is C30H32ClN7O2S. The van der Waals surface area contributed by atoms with Gasteiger partial charge in [-0.3, -0.25) is 9.59 Å². The van der Waals surface area contributed by atoms with E-state index in [0.29, 0.717) is 51.8 Å². The minimum atomic E-state index is -0.369. The number of halogens is 1. The molecule has 0 bridgehead atoms. The summed E-state index contributed by atoms with van der Waals surface area (Å²) in [5.74, 6) is 0.639. The summed E-state index contributed by atoms with van der Waals surface area (Å²) in [6.07, 6.45) is 0.667. The Balaban J connectivity index is 1.38. The number of thioether (sulfide) groups is 1. The second-order valence-corrected chi connectivity index (χ2v) is 11.0. The maximum absolute atomic E-state index is 13.0. The second kappa shape index (κ2) is 14.6. The summed E-state index contributed by atoms with van der Waals surface area (Å²) in [5, 5.41) is 24.2. The van der Waals surface area contributed by atoms with E-state index in [2.05, 4.69) is 44.9 Å². The van der Waals surface area contributed by atoms with E-state index in [1.54, 1.807) is 48.5 Å². The van der Waals surface area contributed by atoms with Gasteiger partial charge in [-0.25, -0.2) is 0 Å². The van der Waals surface area contributed by atoms with Crippen LogP contribution in [0.3, 0.4) is 0 Å². The Hall–Kier alpha value is -4.02. The molecule has 0 fully saturated rings. The van der Waals surface area contributed by atoms with Crippen LogP contribution in [0.4, 0.5) is 17.1 Å². The van der Waals surface area contributed by atoms with Crippen LogP contribution in [0, 0.1) is 5.92 Å². The maximum atomic E-state index is 13.0. The SMILES string of the molecule is CCn1c(SCC(=O)Nc2ccc(N=Nc3ccccc3)cc2)nnc1[C@H](CC(C)C)NC(=O)c1ccccc1Cl. The molecule has 1 heterocycles. The largest absolute Gasteiger partial charge is 0.342 e. The van der Waals surface area contributed by atoms with Gasteiger partial charge in [0.1, 0.15) is 0 Å². The van der Waals surface area contributed by atoms with Crippen LogP contribution in [0.2, 0.25) is 5.02 Å². The van der Waals surface area contributed by atoms with Crippen LogP contribution >= 0.6 is 23.4 Å². The molecule has 0 aliphatic carbocycles. The van der Waals surface area contributed by atoms with Gasteiger partial charge < -0.3 is 15.2 Å². The van der Waals surface area contributed by atoms with Crippen molar-refractivity contribution in [1.82, 2.24) is 20.1 Å². The van der Waals surface area contributed by atoms with Crippen molar-refractivity contribution in [2.75, 3.05) is 11.1 Å². The molecule has 0 saturated carbocycles. The third kappa shape index (κ3) is 8.48. The van der Waals surface area contributed by atoms with E-state index in [4.69, 9.17) is 11.6 Å². The minimum absolute atomic E-state index is 0.147. The van der Waals surface area contributed by atoms with Gasteiger partial charge in [0.15, 0.2) is 11.0 Å². The summed E-state index contributed by atoms with van der Waals surface area (Å²) in [6.45, 7) is 6.73. The van der Waals surface area contributed by atoms with Crippen molar-refractivity contribution in [2.24, 2.45) is 16.1 Å². The van der Waals surface area contributed by atoms with Gasteiger partial charge in [0, 0.05) is 12.2 Å². The number of nitrogens with zero attached hydrogens (tertiary/aromatic N) is 5. The third-order valence-electron chi connectivity index (χ3n) is 6.02. The Morgan fingerprint density at radius 1 is 0.927 bits per heavy atom. The average Bonchev–Trinajstić information content (AvgIpc) is 3.39.